The predicted molar refractivity (Wildman–Crippen MR) is 92.1 cm³/mol. The van der Waals surface area contributed by atoms with Crippen LogP contribution in [0.3, 0.4) is 0 Å². The second kappa shape index (κ2) is 6.94. The number of anilines is 1. The fourth-order valence-corrected chi connectivity index (χ4v) is 2.75. The Bertz CT molecular complexity index is 800. The van der Waals surface area contributed by atoms with E-state index in [0.29, 0.717) is 23.5 Å². The van der Waals surface area contributed by atoms with E-state index in [1.165, 1.54) is 0 Å². The molecule has 2 aromatic rings. The summed E-state index contributed by atoms with van der Waals surface area (Å²) in [5, 5.41) is 9.06. The predicted octanol–water partition coefficient (Wildman–Crippen LogP) is 2.18. The van der Waals surface area contributed by atoms with Crippen molar-refractivity contribution >= 4 is 17.4 Å². The minimum Gasteiger partial charge on any atom is -0.497 e. The van der Waals surface area contributed by atoms with Crippen molar-refractivity contribution in [3.05, 3.63) is 53.6 Å². The first-order chi connectivity index (χ1) is 12.0. The third-order valence-electron chi connectivity index (χ3n) is 4.13. The van der Waals surface area contributed by atoms with Crippen molar-refractivity contribution < 1.29 is 24.2 Å². The number of ketones is 1. The lowest BCUT2D eigenvalue weighted by Crippen LogP contribution is -2.44. The van der Waals surface area contributed by atoms with Crippen molar-refractivity contribution in [1.29, 1.82) is 0 Å². The van der Waals surface area contributed by atoms with E-state index in [1.807, 2.05) is 24.3 Å². The first kappa shape index (κ1) is 17.0. The molecule has 0 saturated carbocycles. The number of carbonyl (C=O) groups is 2. The van der Waals surface area contributed by atoms with E-state index in [9.17, 15) is 9.59 Å². The van der Waals surface area contributed by atoms with Gasteiger partial charge in [0, 0.05) is 5.56 Å². The zero-order valence-corrected chi connectivity index (χ0v) is 14.1. The van der Waals surface area contributed by atoms with Crippen molar-refractivity contribution in [2.45, 2.75) is 19.6 Å². The van der Waals surface area contributed by atoms with E-state index < -0.39 is 18.5 Å². The average Bonchev–Trinajstić information content (AvgIpc) is 2.65. The Morgan fingerprint density at radius 1 is 1.24 bits per heavy atom. The van der Waals surface area contributed by atoms with Crippen LogP contribution in [0, 0.1) is 0 Å². The minimum absolute atomic E-state index is 0.183. The van der Waals surface area contributed by atoms with Gasteiger partial charge in [-0.3, -0.25) is 9.59 Å². The fourth-order valence-electron chi connectivity index (χ4n) is 2.75. The molecule has 1 aliphatic rings. The molecule has 0 aliphatic carbocycles. The molecular formula is C19H19NO5. The standard InChI is InChI=1S/C19H19NO5/c1-12-19(23)20(10-13-3-6-15(24-2)7-4-13)16-9-14(17(22)11-21)5-8-18(16)25-12/h3-9,12,21H,10-11H2,1-2H3/t12-/m1/s1. The molecule has 2 aromatic carbocycles. The summed E-state index contributed by atoms with van der Waals surface area (Å²) in [6.45, 7) is 1.46. The Hall–Kier alpha value is -2.86. The van der Waals surface area contributed by atoms with Crippen LogP contribution in [0.2, 0.25) is 0 Å². The van der Waals surface area contributed by atoms with Gasteiger partial charge >= 0.3 is 0 Å². The van der Waals surface area contributed by atoms with Crippen molar-refractivity contribution in [3.63, 3.8) is 0 Å². The summed E-state index contributed by atoms with van der Waals surface area (Å²) >= 11 is 0. The van der Waals surface area contributed by atoms with Crippen LogP contribution in [-0.4, -0.2) is 36.6 Å². The number of ether oxygens (including phenoxy) is 2. The van der Waals surface area contributed by atoms with E-state index in [4.69, 9.17) is 14.6 Å². The van der Waals surface area contributed by atoms with E-state index >= 15 is 0 Å². The highest BCUT2D eigenvalue weighted by Crippen LogP contribution is 2.36. The van der Waals surface area contributed by atoms with Gasteiger partial charge in [0.05, 0.1) is 19.3 Å². The number of hydrogen-bond donors (Lipinski definition) is 1. The van der Waals surface area contributed by atoms with Crippen molar-refractivity contribution in [3.8, 4) is 11.5 Å². The topological polar surface area (TPSA) is 76.1 Å². The van der Waals surface area contributed by atoms with Crippen LogP contribution < -0.4 is 14.4 Å². The summed E-state index contributed by atoms with van der Waals surface area (Å²) in [5.41, 5.74) is 1.79. The average molecular weight is 341 g/mol. The number of fused-ring (bicyclic) bond motifs is 1. The zero-order chi connectivity index (χ0) is 18.0. The summed E-state index contributed by atoms with van der Waals surface area (Å²) < 4.78 is 10.8. The molecule has 0 spiro atoms. The van der Waals surface area contributed by atoms with Crippen molar-refractivity contribution in [2.75, 3.05) is 18.6 Å². The third kappa shape index (κ3) is 3.34. The van der Waals surface area contributed by atoms with Gasteiger partial charge in [-0.25, -0.2) is 0 Å². The van der Waals surface area contributed by atoms with Gasteiger partial charge in [-0.15, -0.1) is 0 Å². The molecule has 0 radical (unpaired) electrons. The van der Waals surface area contributed by atoms with Gasteiger partial charge in [-0.05, 0) is 42.8 Å². The summed E-state index contributed by atoms with van der Waals surface area (Å²) in [6.07, 6.45) is -0.606. The molecule has 1 N–H and O–H groups in total. The smallest absolute Gasteiger partial charge is 0.268 e. The first-order valence-electron chi connectivity index (χ1n) is 7.92. The maximum atomic E-state index is 12.6. The van der Waals surface area contributed by atoms with Crippen molar-refractivity contribution in [1.82, 2.24) is 0 Å². The quantitative estimate of drug-likeness (QED) is 0.844. The van der Waals surface area contributed by atoms with Gasteiger partial charge in [0.1, 0.15) is 18.1 Å². The monoisotopic (exact) mass is 341 g/mol. The molecule has 130 valence electrons. The molecule has 1 amide bonds. The van der Waals surface area contributed by atoms with Crippen LogP contribution in [0.1, 0.15) is 22.8 Å². The lowest BCUT2D eigenvalue weighted by molar-refractivity contribution is -0.125. The van der Waals surface area contributed by atoms with Crippen molar-refractivity contribution in [2.24, 2.45) is 0 Å². The number of nitrogens with zero attached hydrogens (tertiary/aromatic N) is 1. The largest absolute Gasteiger partial charge is 0.497 e. The number of amides is 1. The molecule has 0 fully saturated rings. The Kier molecular flexibility index (Phi) is 4.72. The maximum absolute atomic E-state index is 12.6. The zero-order valence-electron chi connectivity index (χ0n) is 14.1. The van der Waals surface area contributed by atoms with Gasteiger partial charge in [0.2, 0.25) is 0 Å². The van der Waals surface area contributed by atoms with Crippen LogP contribution in [0.4, 0.5) is 5.69 Å². The number of rotatable bonds is 5. The van der Waals surface area contributed by atoms with Crippen LogP contribution in [0.5, 0.6) is 11.5 Å². The normalized spacial score (nSPS) is 16.2. The number of aliphatic hydroxyl groups excluding tert-OH is 1. The Morgan fingerprint density at radius 2 is 1.96 bits per heavy atom. The highest BCUT2D eigenvalue weighted by molar-refractivity contribution is 6.03. The summed E-state index contributed by atoms with van der Waals surface area (Å²) in [4.78, 5) is 26.0. The molecule has 6 nitrogen and oxygen atoms in total. The molecule has 6 heteroatoms. The lowest BCUT2D eigenvalue weighted by Gasteiger charge is -2.33. The molecule has 0 unspecified atom stereocenters. The molecular weight excluding hydrogens is 322 g/mol. The Morgan fingerprint density at radius 3 is 2.60 bits per heavy atom. The number of hydrogen-bond acceptors (Lipinski definition) is 5. The van der Waals surface area contributed by atoms with Gasteiger partial charge in [-0.1, -0.05) is 12.1 Å². The molecule has 25 heavy (non-hydrogen) atoms. The number of Topliss-reactive ketones (excluding diaryl/α,β-unsaturated/α-hetero) is 1. The molecule has 1 aliphatic heterocycles. The summed E-state index contributed by atoms with van der Waals surface area (Å²) in [5.74, 6) is 0.687. The van der Waals surface area contributed by atoms with Crippen LogP contribution in [0.25, 0.3) is 0 Å². The van der Waals surface area contributed by atoms with Crippen LogP contribution >= 0.6 is 0 Å². The Balaban J connectivity index is 1.97. The number of methoxy groups -OCH3 is 1. The third-order valence-corrected chi connectivity index (χ3v) is 4.13. The first-order valence-corrected chi connectivity index (χ1v) is 7.92. The SMILES string of the molecule is COc1ccc(CN2C(=O)[C@@H](C)Oc3ccc(C(=O)CO)cc32)cc1. The Labute approximate surface area is 145 Å². The van der Waals surface area contributed by atoms with E-state index in [1.54, 1.807) is 37.1 Å². The molecule has 1 atom stereocenters. The lowest BCUT2D eigenvalue weighted by atomic mass is 10.1. The molecule has 1 heterocycles. The second-order valence-corrected chi connectivity index (χ2v) is 5.80. The van der Waals surface area contributed by atoms with E-state index in [-0.39, 0.29) is 5.91 Å². The van der Waals surface area contributed by atoms with E-state index in [2.05, 4.69) is 0 Å². The van der Waals surface area contributed by atoms with E-state index in [0.717, 1.165) is 11.3 Å². The summed E-state index contributed by atoms with van der Waals surface area (Å²) in [6, 6.07) is 12.3. The highest BCUT2D eigenvalue weighted by Gasteiger charge is 2.32. The van der Waals surface area contributed by atoms with Gasteiger partial charge in [0.25, 0.3) is 5.91 Å². The van der Waals surface area contributed by atoms with Gasteiger partial charge in [-0.2, -0.15) is 0 Å². The van der Waals surface area contributed by atoms with Gasteiger partial charge in [0.15, 0.2) is 11.9 Å². The number of benzene rings is 2. The second-order valence-electron chi connectivity index (χ2n) is 5.80. The minimum atomic E-state index is -0.606. The van der Waals surface area contributed by atoms with Crippen LogP contribution in [-0.2, 0) is 11.3 Å². The molecule has 3 rings (SSSR count). The number of carbonyl (C=O) groups excluding carboxylic acids is 2. The number of aliphatic hydroxyl groups is 1. The molecule has 0 bridgehead atoms. The highest BCUT2D eigenvalue weighted by atomic mass is 16.5. The molecule has 0 saturated heterocycles. The van der Waals surface area contributed by atoms with Gasteiger partial charge < -0.3 is 19.5 Å². The maximum Gasteiger partial charge on any atom is 0.268 e. The fraction of sp³-hybridized carbons (Fsp3) is 0.263. The molecule has 0 aromatic heterocycles. The van der Waals surface area contributed by atoms with Crippen LogP contribution in [0.15, 0.2) is 42.5 Å². The summed E-state index contributed by atoms with van der Waals surface area (Å²) in [7, 11) is 1.60.